The van der Waals surface area contributed by atoms with Crippen LogP contribution in [0.4, 0.5) is 0 Å². The van der Waals surface area contributed by atoms with Crippen LogP contribution in [0.25, 0.3) is 0 Å². The lowest BCUT2D eigenvalue weighted by atomic mass is 10.2. The van der Waals surface area contributed by atoms with Crippen molar-refractivity contribution in [3.8, 4) is 0 Å². The Morgan fingerprint density at radius 1 is 1.45 bits per heavy atom. The van der Waals surface area contributed by atoms with Crippen molar-refractivity contribution in [1.29, 1.82) is 0 Å². The number of nitrogens with zero attached hydrogens (tertiary/aromatic N) is 2. The van der Waals surface area contributed by atoms with Crippen LogP contribution in [-0.2, 0) is 10.0 Å². The second-order valence-electron chi connectivity index (χ2n) is 5.10. The molecule has 1 saturated heterocycles. The molecule has 1 aromatic rings. The number of likely N-dealkylation sites (tertiary alicyclic amines) is 1. The van der Waals surface area contributed by atoms with E-state index in [0.717, 1.165) is 25.9 Å². The van der Waals surface area contributed by atoms with Crippen LogP contribution < -0.4 is 5.56 Å². The number of hydrogen-bond donors (Lipinski definition) is 1. The fourth-order valence-electron chi connectivity index (χ4n) is 2.65. The number of likely N-dealkylation sites (N-methyl/N-ethyl adjacent to an activating group) is 2. The Labute approximate surface area is 119 Å². The molecule has 6 nitrogen and oxygen atoms in total. The summed E-state index contributed by atoms with van der Waals surface area (Å²) in [5.74, 6) is 0. The van der Waals surface area contributed by atoms with Crippen molar-refractivity contribution >= 4 is 10.0 Å². The first-order chi connectivity index (χ1) is 9.45. The van der Waals surface area contributed by atoms with Crippen LogP contribution >= 0.6 is 0 Å². The molecule has 1 aliphatic heterocycles. The van der Waals surface area contributed by atoms with E-state index in [2.05, 4.69) is 16.8 Å². The third-order valence-electron chi connectivity index (χ3n) is 3.84. The van der Waals surface area contributed by atoms with Crippen LogP contribution in [-0.4, -0.2) is 55.3 Å². The molecule has 2 rings (SSSR count). The molecule has 1 fully saturated rings. The average molecular weight is 299 g/mol. The Morgan fingerprint density at radius 3 is 2.80 bits per heavy atom. The molecular weight excluding hydrogens is 278 g/mol. The van der Waals surface area contributed by atoms with E-state index in [1.807, 2.05) is 0 Å². The third-order valence-corrected chi connectivity index (χ3v) is 5.66. The summed E-state index contributed by atoms with van der Waals surface area (Å²) in [6.07, 6.45) is 3.39. The van der Waals surface area contributed by atoms with Crippen LogP contribution in [0, 0.1) is 0 Å². The fraction of sp³-hybridized carbons (Fsp3) is 0.615. The van der Waals surface area contributed by atoms with Gasteiger partial charge in [-0.2, -0.15) is 4.31 Å². The zero-order valence-electron chi connectivity index (χ0n) is 11.9. The molecule has 1 unspecified atom stereocenters. The highest BCUT2D eigenvalue weighted by atomic mass is 32.2. The van der Waals surface area contributed by atoms with E-state index in [1.165, 1.54) is 22.6 Å². The molecule has 0 saturated carbocycles. The summed E-state index contributed by atoms with van der Waals surface area (Å²) < 4.78 is 26.2. The first-order valence-corrected chi connectivity index (χ1v) is 8.28. The minimum Gasteiger partial charge on any atom is -0.328 e. The minimum absolute atomic E-state index is 0.126. The smallest absolute Gasteiger partial charge is 0.247 e. The molecule has 0 aromatic carbocycles. The highest BCUT2D eigenvalue weighted by molar-refractivity contribution is 7.89. The second-order valence-corrected chi connectivity index (χ2v) is 7.14. The third kappa shape index (κ3) is 3.11. The zero-order valence-corrected chi connectivity index (χ0v) is 12.7. The maximum Gasteiger partial charge on any atom is 0.247 e. The van der Waals surface area contributed by atoms with Gasteiger partial charge in [-0.3, -0.25) is 9.69 Å². The van der Waals surface area contributed by atoms with E-state index in [0.29, 0.717) is 6.54 Å². The first-order valence-electron chi connectivity index (χ1n) is 6.84. The van der Waals surface area contributed by atoms with Crippen molar-refractivity contribution in [3.63, 3.8) is 0 Å². The first kappa shape index (κ1) is 15.2. The fourth-order valence-corrected chi connectivity index (χ4v) is 3.83. The van der Waals surface area contributed by atoms with Crippen LogP contribution in [0.5, 0.6) is 0 Å². The molecular formula is C13H21N3O3S. The van der Waals surface area contributed by atoms with Crippen molar-refractivity contribution in [1.82, 2.24) is 14.2 Å². The molecule has 0 radical (unpaired) electrons. The number of rotatable bonds is 5. The molecule has 7 heteroatoms. The largest absolute Gasteiger partial charge is 0.328 e. The number of hydrogen-bond acceptors (Lipinski definition) is 4. The molecule has 20 heavy (non-hydrogen) atoms. The Bertz CT molecular complexity index is 591. The zero-order chi connectivity index (χ0) is 14.8. The van der Waals surface area contributed by atoms with Gasteiger partial charge in [-0.25, -0.2) is 8.42 Å². The van der Waals surface area contributed by atoms with Crippen LogP contribution in [0.1, 0.15) is 19.8 Å². The van der Waals surface area contributed by atoms with Gasteiger partial charge in [-0.1, -0.05) is 6.92 Å². The van der Waals surface area contributed by atoms with Crippen molar-refractivity contribution in [2.24, 2.45) is 0 Å². The summed E-state index contributed by atoms with van der Waals surface area (Å²) in [7, 11) is -1.95. The summed E-state index contributed by atoms with van der Waals surface area (Å²) in [5.41, 5.74) is -0.306. The lowest BCUT2D eigenvalue weighted by Crippen LogP contribution is -2.41. The van der Waals surface area contributed by atoms with Crippen LogP contribution in [0.15, 0.2) is 28.0 Å². The molecule has 1 aliphatic rings. The van der Waals surface area contributed by atoms with E-state index >= 15 is 0 Å². The number of aromatic nitrogens is 1. The second kappa shape index (κ2) is 6.07. The number of pyridine rings is 1. The van der Waals surface area contributed by atoms with Gasteiger partial charge in [-0.15, -0.1) is 0 Å². The molecule has 112 valence electrons. The van der Waals surface area contributed by atoms with Gasteiger partial charge in [0.1, 0.15) is 0 Å². The molecule has 2 heterocycles. The molecule has 1 atom stereocenters. The van der Waals surface area contributed by atoms with E-state index in [4.69, 9.17) is 0 Å². The Morgan fingerprint density at radius 2 is 2.20 bits per heavy atom. The van der Waals surface area contributed by atoms with Gasteiger partial charge in [0, 0.05) is 31.9 Å². The normalized spacial score (nSPS) is 20.6. The lowest BCUT2D eigenvalue weighted by Gasteiger charge is -2.27. The predicted molar refractivity (Wildman–Crippen MR) is 77.1 cm³/mol. The van der Waals surface area contributed by atoms with Gasteiger partial charge in [-0.05, 0) is 32.0 Å². The summed E-state index contributed by atoms with van der Waals surface area (Å²) in [4.78, 5) is 15.8. The highest BCUT2D eigenvalue weighted by Crippen LogP contribution is 2.20. The number of aromatic amines is 1. The number of sulfonamides is 1. The van der Waals surface area contributed by atoms with Crippen molar-refractivity contribution in [2.45, 2.75) is 30.7 Å². The van der Waals surface area contributed by atoms with Crippen LogP contribution in [0.3, 0.4) is 0 Å². The highest BCUT2D eigenvalue weighted by Gasteiger charge is 2.29. The SMILES string of the molecule is CCN1CCCC1CN(C)S(=O)(=O)c1ccc(=O)[nH]c1. The van der Waals surface area contributed by atoms with Gasteiger partial charge in [0.2, 0.25) is 15.6 Å². The summed E-state index contributed by atoms with van der Waals surface area (Å²) in [6, 6.07) is 2.86. The quantitative estimate of drug-likeness (QED) is 0.858. The van der Waals surface area contributed by atoms with Crippen molar-refractivity contribution in [3.05, 3.63) is 28.7 Å². The number of nitrogens with one attached hydrogen (secondary N) is 1. The summed E-state index contributed by atoms with van der Waals surface area (Å²) in [5, 5.41) is 0. The predicted octanol–water partition coefficient (Wildman–Crippen LogP) is 0.480. The molecule has 1 aromatic heterocycles. The van der Waals surface area contributed by atoms with Crippen molar-refractivity contribution in [2.75, 3.05) is 26.7 Å². The Hall–Kier alpha value is -1.18. The minimum atomic E-state index is -3.54. The summed E-state index contributed by atoms with van der Waals surface area (Å²) >= 11 is 0. The maximum absolute atomic E-state index is 12.4. The number of H-pyrrole nitrogens is 1. The van der Waals surface area contributed by atoms with Crippen LogP contribution in [0.2, 0.25) is 0 Å². The standard InChI is InChI=1S/C13H21N3O3S/c1-3-16-8-4-5-11(16)10-15(2)20(18,19)12-6-7-13(17)14-9-12/h6-7,9,11H,3-5,8,10H2,1-2H3,(H,14,17). The van der Waals surface area contributed by atoms with Gasteiger partial charge in [0.05, 0.1) is 4.90 Å². The van der Waals surface area contributed by atoms with E-state index < -0.39 is 10.0 Å². The Balaban J connectivity index is 2.13. The Kier molecular flexibility index (Phi) is 4.62. The monoisotopic (exact) mass is 299 g/mol. The average Bonchev–Trinajstić information content (AvgIpc) is 2.86. The van der Waals surface area contributed by atoms with Gasteiger partial charge in [0.25, 0.3) is 0 Å². The molecule has 0 spiro atoms. The van der Waals surface area contributed by atoms with E-state index in [-0.39, 0.29) is 16.5 Å². The molecule has 1 N–H and O–H groups in total. The van der Waals surface area contributed by atoms with E-state index in [1.54, 1.807) is 7.05 Å². The molecule has 0 amide bonds. The molecule has 0 aliphatic carbocycles. The van der Waals surface area contributed by atoms with Gasteiger partial charge >= 0.3 is 0 Å². The lowest BCUT2D eigenvalue weighted by molar-refractivity contribution is 0.237. The van der Waals surface area contributed by atoms with Gasteiger partial charge < -0.3 is 4.98 Å². The maximum atomic E-state index is 12.4. The van der Waals surface area contributed by atoms with E-state index in [9.17, 15) is 13.2 Å². The topological polar surface area (TPSA) is 73.5 Å². The van der Waals surface area contributed by atoms with Crippen molar-refractivity contribution < 1.29 is 8.42 Å². The van der Waals surface area contributed by atoms with Gasteiger partial charge in [0.15, 0.2) is 0 Å². The molecule has 0 bridgehead atoms. The summed E-state index contributed by atoms with van der Waals surface area (Å²) in [6.45, 7) is 4.55.